The second kappa shape index (κ2) is 6.19. The van der Waals surface area contributed by atoms with Crippen LogP contribution in [-0.4, -0.2) is 17.6 Å². The van der Waals surface area contributed by atoms with Crippen LogP contribution in [0, 0.1) is 0 Å². The molecule has 0 aliphatic carbocycles. The maximum atomic E-state index is 11.0. The standard InChI is InChI=1S/C11H12ClNO2/c1-2-15-11(14)5-3-4-9-8-13-7-6-10(9)12/h3-4,6-8H,2,5H2,1H3. The van der Waals surface area contributed by atoms with Gasteiger partial charge in [-0.2, -0.15) is 0 Å². The Balaban J connectivity index is 2.52. The van der Waals surface area contributed by atoms with E-state index in [1.807, 2.05) is 0 Å². The van der Waals surface area contributed by atoms with Crippen molar-refractivity contribution in [1.29, 1.82) is 0 Å². The summed E-state index contributed by atoms with van der Waals surface area (Å²) in [6.45, 7) is 2.18. The number of esters is 1. The van der Waals surface area contributed by atoms with Gasteiger partial charge in [0, 0.05) is 18.0 Å². The van der Waals surface area contributed by atoms with Crippen LogP contribution in [0.25, 0.3) is 6.08 Å². The molecule has 0 aliphatic heterocycles. The molecule has 4 heteroatoms. The molecule has 0 spiro atoms. The van der Waals surface area contributed by atoms with Gasteiger partial charge in [0.15, 0.2) is 0 Å². The molecule has 0 aromatic carbocycles. The van der Waals surface area contributed by atoms with Gasteiger partial charge in [-0.3, -0.25) is 9.78 Å². The van der Waals surface area contributed by atoms with Gasteiger partial charge in [0.1, 0.15) is 0 Å². The normalized spacial score (nSPS) is 10.5. The fourth-order valence-electron chi connectivity index (χ4n) is 1.01. The minimum atomic E-state index is -0.242. The molecule has 0 fully saturated rings. The van der Waals surface area contributed by atoms with E-state index in [0.29, 0.717) is 11.6 Å². The molecule has 0 unspecified atom stereocenters. The number of carbonyl (C=O) groups excluding carboxylic acids is 1. The van der Waals surface area contributed by atoms with Gasteiger partial charge in [0.25, 0.3) is 0 Å². The van der Waals surface area contributed by atoms with Crippen molar-refractivity contribution < 1.29 is 9.53 Å². The zero-order valence-corrected chi connectivity index (χ0v) is 9.20. The molecule has 0 atom stereocenters. The van der Waals surface area contributed by atoms with Crippen LogP contribution in [0.4, 0.5) is 0 Å². The van der Waals surface area contributed by atoms with E-state index < -0.39 is 0 Å². The van der Waals surface area contributed by atoms with Crippen LogP contribution in [0.15, 0.2) is 24.5 Å². The fourth-order valence-corrected chi connectivity index (χ4v) is 1.18. The molecule has 0 N–H and O–H groups in total. The first-order chi connectivity index (χ1) is 7.24. The highest BCUT2D eigenvalue weighted by Crippen LogP contribution is 2.15. The summed E-state index contributed by atoms with van der Waals surface area (Å²) in [7, 11) is 0. The molecule has 0 amide bonds. The molecule has 0 saturated carbocycles. The maximum Gasteiger partial charge on any atom is 0.309 e. The molecule has 1 heterocycles. The quantitative estimate of drug-likeness (QED) is 0.740. The Morgan fingerprint density at radius 3 is 3.13 bits per heavy atom. The molecule has 0 radical (unpaired) electrons. The Morgan fingerprint density at radius 2 is 2.47 bits per heavy atom. The Bertz CT molecular complexity index is 363. The second-order valence-corrected chi connectivity index (χ2v) is 3.22. The van der Waals surface area contributed by atoms with Gasteiger partial charge in [-0.15, -0.1) is 0 Å². The first-order valence-electron chi connectivity index (χ1n) is 4.65. The van der Waals surface area contributed by atoms with Crippen LogP contribution in [0.1, 0.15) is 18.9 Å². The summed E-state index contributed by atoms with van der Waals surface area (Å²) in [5.74, 6) is -0.242. The Hall–Kier alpha value is -1.35. The number of ether oxygens (including phenoxy) is 1. The SMILES string of the molecule is CCOC(=O)CC=Cc1cnccc1Cl. The molecule has 15 heavy (non-hydrogen) atoms. The van der Waals surface area contributed by atoms with Gasteiger partial charge in [0.05, 0.1) is 18.1 Å². The van der Waals surface area contributed by atoms with Crippen molar-refractivity contribution >= 4 is 23.6 Å². The molecule has 1 rings (SSSR count). The third kappa shape index (κ3) is 4.13. The first kappa shape index (κ1) is 11.7. The number of carbonyl (C=O) groups is 1. The summed E-state index contributed by atoms with van der Waals surface area (Å²) >= 11 is 5.89. The van der Waals surface area contributed by atoms with Crippen LogP contribution < -0.4 is 0 Å². The van der Waals surface area contributed by atoms with Crippen LogP contribution >= 0.6 is 11.6 Å². The number of aromatic nitrogens is 1. The second-order valence-electron chi connectivity index (χ2n) is 2.81. The summed E-state index contributed by atoms with van der Waals surface area (Å²) in [5, 5.41) is 0.616. The molecular weight excluding hydrogens is 214 g/mol. The van der Waals surface area contributed by atoms with Crippen molar-refractivity contribution in [1.82, 2.24) is 4.98 Å². The topological polar surface area (TPSA) is 39.2 Å². The lowest BCUT2D eigenvalue weighted by Gasteiger charge is -1.97. The summed E-state index contributed by atoms with van der Waals surface area (Å²) in [6.07, 6.45) is 6.97. The predicted molar refractivity (Wildman–Crippen MR) is 59.5 cm³/mol. The average molecular weight is 226 g/mol. The smallest absolute Gasteiger partial charge is 0.309 e. The first-order valence-corrected chi connectivity index (χ1v) is 5.03. The summed E-state index contributed by atoms with van der Waals surface area (Å²) < 4.78 is 4.77. The van der Waals surface area contributed by atoms with Crippen molar-refractivity contribution in [3.63, 3.8) is 0 Å². The molecule has 3 nitrogen and oxygen atoms in total. The largest absolute Gasteiger partial charge is 0.466 e. The van der Waals surface area contributed by atoms with E-state index in [4.69, 9.17) is 16.3 Å². The van der Waals surface area contributed by atoms with Crippen molar-refractivity contribution in [2.75, 3.05) is 6.61 Å². The Morgan fingerprint density at radius 1 is 1.67 bits per heavy atom. The number of hydrogen-bond donors (Lipinski definition) is 0. The molecule has 0 bridgehead atoms. The monoisotopic (exact) mass is 225 g/mol. The van der Waals surface area contributed by atoms with Gasteiger partial charge in [-0.25, -0.2) is 0 Å². The summed E-state index contributed by atoms with van der Waals surface area (Å²) in [4.78, 5) is 14.9. The molecule has 0 saturated heterocycles. The highest BCUT2D eigenvalue weighted by molar-refractivity contribution is 6.32. The van der Waals surface area contributed by atoms with E-state index >= 15 is 0 Å². The van der Waals surface area contributed by atoms with Gasteiger partial charge < -0.3 is 4.74 Å². The van der Waals surface area contributed by atoms with E-state index in [-0.39, 0.29) is 12.4 Å². The number of nitrogens with zero attached hydrogens (tertiary/aromatic N) is 1. The van der Waals surface area contributed by atoms with Crippen molar-refractivity contribution in [2.24, 2.45) is 0 Å². The minimum Gasteiger partial charge on any atom is -0.466 e. The number of rotatable bonds is 4. The van der Waals surface area contributed by atoms with Gasteiger partial charge in [-0.1, -0.05) is 23.8 Å². The van der Waals surface area contributed by atoms with Crippen LogP contribution in [-0.2, 0) is 9.53 Å². The molecular formula is C11H12ClNO2. The minimum absolute atomic E-state index is 0.242. The van der Waals surface area contributed by atoms with E-state index in [1.165, 1.54) is 0 Å². The molecule has 0 aliphatic rings. The van der Waals surface area contributed by atoms with E-state index in [1.54, 1.807) is 37.5 Å². The highest BCUT2D eigenvalue weighted by atomic mass is 35.5. The van der Waals surface area contributed by atoms with Gasteiger partial charge >= 0.3 is 5.97 Å². The van der Waals surface area contributed by atoms with Crippen molar-refractivity contribution in [3.05, 3.63) is 35.1 Å². The molecule has 80 valence electrons. The van der Waals surface area contributed by atoms with Crippen LogP contribution in [0.2, 0.25) is 5.02 Å². The highest BCUT2D eigenvalue weighted by Gasteiger charge is 1.98. The molecule has 1 aromatic heterocycles. The number of halogens is 1. The van der Waals surface area contributed by atoms with Crippen LogP contribution in [0.3, 0.4) is 0 Å². The summed E-state index contributed by atoms with van der Waals surface area (Å²) in [6, 6.07) is 1.70. The fraction of sp³-hybridized carbons (Fsp3) is 0.273. The van der Waals surface area contributed by atoms with Crippen molar-refractivity contribution in [3.8, 4) is 0 Å². The Kier molecular flexibility index (Phi) is 4.84. The van der Waals surface area contributed by atoms with E-state index in [9.17, 15) is 4.79 Å². The zero-order chi connectivity index (χ0) is 11.1. The number of hydrogen-bond acceptors (Lipinski definition) is 3. The van der Waals surface area contributed by atoms with E-state index in [2.05, 4.69) is 4.98 Å². The predicted octanol–water partition coefficient (Wildman–Crippen LogP) is 2.70. The maximum absolute atomic E-state index is 11.0. The number of pyridine rings is 1. The Labute approximate surface area is 93.7 Å². The molecule has 1 aromatic rings. The lowest BCUT2D eigenvalue weighted by Crippen LogP contribution is -2.01. The zero-order valence-electron chi connectivity index (χ0n) is 8.44. The third-order valence-electron chi connectivity index (χ3n) is 1.68. The van der Waals surface area contributed by atoms with Crippen LogP contribution in [0.5, 0.6) is 0 Å². The van der Waals surface area contributed by atoms with Crippen molar-refractivity contribution in [2.45, 2.75) is 13.3 Å². The van der Waals surface area contributed by atoms with Gasteiger partial charge in [-0.05, 0) is 13.0 Å². The lowest BCUT2D eigenvalue weighted by molar-refractivity contribution is -0.142. The average Bonchev–Trinajstić information content (AvgIpc) is 2.21. The third-order valence-corrected chi connectivity index (χ3v) is 2.03. The van der Waals surface area contributed by atoms with Gasteiger partial charge in [0.2, 0.25) is 0 Å². The lowest BCUT2D eigenvalue weighted by atomic mass is 10.2. The van der Waals surface area contributed by atoms with E-state index in [0.717, 1.165) is 5.56 Å². The summed E-state index contributed by atoms with van der Waals surface area (Å²) in [5.41, 5.74) is 0.795.